The molecule has 216 valence electrons. The summed E-state index contributed by atoms with van der Waals surface area (Å²) in [5.41, 5.74) is 1.92. The van der Waals surface area contributed by atoms with Crippen molar-refractivity contribution in [3.05, 3.63) is 166 Å². The van der Waals surface area contributed by atoms with Crippen LogP contribution in [-0.2, 0) is 0 Å². The molecule has 1 N–H and O–H groups in total. The average molecular weight is 585 g/mol. The molecule has 0 aliphatic rings. The SMILES string of the molecule is Cc1c(OC(=O)c2ccc(C(=O)c3ccccc3)cc2)cc(OC(=O)c2ccc(C(=O)c3ccccc3)cc2)cc1C(=O)O. The minimum Gasteiger partial charge on any atom is -0.478 e. The summed E-state index contributed by atoms with van der Waals surface area (Å²) in [5.74, 6) is -3.62. The van der Waals surface area contributed by atoms with E-state index in [0.717, 1.165) is 6.07 Å². The van der Waals surface area contributed by atoms with Crippen LogP contribution in [0.25, 0.3) is 0 Å². The Hall–Kier alpha value is -6.15. The quantitative estimate of drug-likeness (QED) is 0.117. The molecule has 5 rings (SSSR count). The zero-order valence-electron chi connectivity index (χ0n) is 23.4. The van der Waals surface area contributed by atoms with Crippen molar-refractivity contribution in [1.29, 1.82) is 0 Å². The fourth-order valence-corrected chi connectivity index (χ4v) is 4.40. The van der Waals surface area contributed by atoms with Crippen LogP contribution in [0, 0.1) is 6.92 Å². The van der Waals surface area contributed by atoms with Crippen LogP contribution in [0.5, 0.6) is 11.5 Å². The van der Waals surface area contributed by atoms with Crippen molar-refractivity contribution in [2.45, 2.75) is 6.92 Å². The molecule has 0 saturated heterocycles. The van der Waals surface area contributed by atoms with Gasteiger partial charge in [-0.25, -0.2) is 14.4 Å². The van der Waals surface area contributed by atoms with Crippen molar-refractivity contribution in [1.82, 2.24) is 0 Å². The van der Waals surface area contributed by atoms with E-state index in [1.807, 2.05) is 0 Å². The molecule has 0 aromatic heterocycles. The lowest BCUT2D eigenvalue weighted by molar-refractivity contribution is 0.0678. The van der Waals surface area contributed by atoms with Crippen molar-refractivity contribution in [2.75, 3.05) is 0 Å². The molecule has 5 aromatic rings. The first-order valence-electron chi connectivity index (χ1n) is 13.4. The van der Waals surface area contributed by atoms with E-state index in [-0.39, 0.29) is 45.3 Å². The maximum atomic E-state index is 13.0. The third kappa shape index (κ3) is 6.50. The monoisotopic (exact) mass is 584 g/mol. The van der Waals surface area contributed by atoms with Gasteiger partial charge in [-0.05, 0) is 37.3 Å². The molecule has 0 aliphatic carbocycles. The van der Waals surface area contributed by atoms with Crippen LogP contribution in [0.2, 0.25) is 0 Å². The summed E-state index contributed by atoms with van der Waals surface area (Å²) >= 11 is 0. The van der Waals surface area contributed by atoms with E-state index in [4.69, 9.17) is 9.47 Å². The molecule has 0 heterocycles. The number of hydrogen-bond acceptors (Lipinski definition) is 7. The minimum atomic E-state index is -1.31. The molecule has 8 heteroatoms. The second-order valence-electron chi connectivity index (χ2n) is 9.72. The molecule has 0 aliphatic heterocycles. The Bertz CT molecular complexity index is 1880. The number of benzene rings is 5. The third-order valence-corrected chi connectivity index (χ3v) is 6.81. The second-order valence-corrected chi connectivity index (χ2v) is 9.72. The third-order valence-electron chi connectivity index (χ3n) is 6.81. The number of rotatable bonds is 9. The largest absolute Gasteiger partial charge is 0.478 e. The molecule has 8 nitrogen and oxygen atoms in total. The summed E-state index contributed by atoms with van der Waals surface area (Å²) in [6.07, 6.45) is 0. The van der Waals surface area contributed by atoms with Crippen LogP contribution in [0.15, 0.2) is 121 Å². The Balaban J connectivity index is 1.32. The van der Waals surface area contributed by atoms with Crippen molar-refractivity contribution in [3.63, 3.8) is 0 Å². The molecular weight excluding hydrogens is 560 g/mol. The van der Waals surface area contributed by atoms with Gasteiger partial charge >= 0.3 is 17.9 Å². The first-order valence-corrected chi connectivity index (χ1v) is 13.4. The Labute approximate surface area is 252 Å². The van der Waals surface area contributed by atoms with Crippen molar-refractivity contribution in [3.8, 4) is 11.5 Å². The minimum absolute atomic E-state index is 0.119. The number of ether oxygens (including phenoxy) is 2. The lowest BCUT2D eigenvalue weighted by Gasteiger charge is -2.13. The summed E-state index contributed by atoms with van der Waals surface area (Å²) < 4.78 is 10.9. The summed E-state index contributed by atoms with van der Waals surface area (Å²) in [4.78, 5) is 63.1. The van der Waals surface area contributed by atoms with E-state index in [2.05, 4.69) is 0 Å². The van der Waals surface area contributed by atoms with E-state index in [1.54, 1.807) is 60.7 Å². The zero-order valence-corrected chi connectivity index (χ0v) is 23.4. The van der Waals surface area contributed by atoms with Gasteiger partial charge in [0.1, 0.15) is 11.5 Å². The molecule has 44 heavy (non-hydrogen) atoms. The van der Waals surface area contributed by atoms with E-state index < -0.39 is 17.9 Å². The van der Waals surface area contributed by atoms with Gasteiger partial charge in [-0.15, -0.1) is 0 Å². The molecule has 0 saturated carbocycles. The van der Waals surface area contributed by atoms with Gasteiger partial charge in [-0.3, -0.25) is 9.59 Å². The molecule has 0 amide bonds. The molecule has 0 fully saturated rings. The van der Waals surface area contributed by atoms with Crippen LogP contribution in [0.4, 0.5) is 0 Å². The number of carbonyl (C=O) groups is 5. The van der Waals surface area contributed by atoms with Crippen LogP contribution in [-0.4, -0.2) is 34.6 Å². The van der Waals surface area contributed by atoms with Gasteiger partial charge < -0.3 is 14.6 Å². The van der Waals surface area contributed by atoms with Crippen molar-refractivity contribution in [2.24, 2.45) is 0 Å². The predicted octanol–water partition coefficient (Wildman–Crippen LogP) is 6.59. The van der Waals surface area contributed by atoms with Gasteiger partial charge in [0.05, 0.1) is 16.7 Å². The maximum absolute atomic E-state index is 13.0. The number of carboxylic acids is 1. The molecule has 0 bridgehead atoms. The molecule has 0 unspecified atom stereocenters. The number of aromatic carboxylic acids is 1. The van der Waals surface area contributed by atoms with Gasteiger partial charge in [-0.1, -0.05) is 84.9 Å². The number of carboxylic acid groups (broad SMARTS) is 1. The van der Waals surface area contributed by atoms with Crippen LogP contribution < -0.4 is 9.47 Å². The lowest BCUT2D eigenvalue weighted by Crippen LogP contribution is -2.13. The second kappa shape index (κ2) is 12.8. The normalized spacial score (nSPS) is 10.5. The number of carbonyl (C=O) groups excluding carboxylic acids is 4. The first kappa shape index (κ1) is 29.3. The fraction of sp³-hybridized carbons (Fsp3) is 0.0278. The average Bonchev–Trinajstić information content (AvgIpc) is 3.06. The summed E-state index contributed by atoms with van der Waals surface area (Å²) in [6.45, 7) is 1.46. The van der Waals surface area contributed by atoms with Gasteiger partial charge in [-0.2, -0.15) is 0 Å². The van der Waals surface area contributed by atoms with Crippen molar-refractivity contribution < 1.29 is 38.6 Å². The lowest BCUT2D eigenvalue weighted by atomic mass is 10.0. The topological polar surface area (TPSA) is 124 Å². The Morgan fingerprint density at radius 2 is 0.886 bits per heavy atom. The van der Waals surface area contributed by atoms with E-state index in [0.29, 0.717) is 22.3 Å². The Morgan fingerprint density at radius 3 is 1.32 bits per heavy atom. The highest BCUT2D eigenvalue weighted by molar-refractivity contribution is 6.10. The summed E-state index contributed by atoms with van der Waals surface area (Å²) in [7, 11) is 0. The summed E-state index contributed by atoms with van der Waals surface area (Å²) in [6, 6.07) is 31.5. The first-order chi connectivity index (χ1) is 21.2. The molecule has 5 aromatic carbocycles. The van der Waals surface area contributed by atoms with Gasteiger partial charge in [0.2, 0.25) is 0 Å². The van der Waals surface area contributed by atoms with Crippen LogP contribution >= 0.6 is 0 Å². The van der Waals surface area contributed by atoms with Gasteiger partial charge in [0.15, 0.2) is 11.6 Å². The standard InChI is InChI=1S/C36H24O8/c1-22-30(34(39)40)20-29(43-35(41)27-16-12-25(13-17-27)32(37)23-8-4-2-5-9-23)21-31(22)44-36(42)28-18-14-26(15-19-28)33(38)24-10-6-3-7-11-24/h2-21H,1H3,(H,39,40). The molecule has 0 radical (unpaired) electrons. The van der Waals surface area contributed by atoms with Gasteiger partial charge in [0.25, 0.3) is 0 Å². The Morgan fingerprint density at radius 1 is 0.500 bits per heavy atom. The van der Waals surface area contributed by atoms with Gasteiger partial charge in [0, 0.05) is 33.9 Å². The molecule has 0 atom stereocenters. The predicted molar refractivity (Wildman–Crippen MR) is 161 cm³/mol. The van der Waals surface area contributed by atoms with E-state index in [1.165, 1.54) is 61.5 Å². The Kier molecular flexibility index (Phi) is 8.53. The fourth-order valence-electron chi connectivity index (χ4n) is 4.40. The number of ketones is 2. The molecule has 0 spiro atoms. The van der Waals surface area contributed by atoms with E-state index in [9.17, 15) is 29.1 Å². The maximum Gasteiger partial charge on any atom is 0.343 e. The summed E-state index contributed by atoms with van der Waals surface area (Å²) in [5, 5.41) is 9.73. The van der Waals surface area contributed by atoms with Crippen molar-refractivity contribution >= 4 is 29.5 Å². The number of hydrogen-bond donors (Lipinski definition) is 1. The molecular formula is C36H24O8. The highest BCUT2D eigenvalue weighted by Gasteiger charge is 2.20. The van der Waals surface area contributed by atoms with Crippen LogP contribution in [0.1, 0.15) is 68.5 Å². The van der Waals surface area contributed by atoms with Crippen LogP contribution in [0.3, 0.4) is 0 Å². The highest BCUT2D eigenvalue weighted by Crippen LogP contribution is 2.30. The highest BCUT2D eigenvalue weighted by atomic mass is 16.5. The zero-order chi connectivity index (χ0) is 31.2. The smallest absolute Gasteiger partial charge is 0.343 e. The van der Waals surface area contributed by atoms with E-state index >= 15 is 0 Å². The number of esters is 2.